The Hall–Kier alpha value is -1.43. The number of β-amino-alcohol motifs (C(OH)–C–C–N with tert-alkyl or cyclic N) is 1. The van der Waals surface area contributed by atoms with Crippen LogP contribution in [0.25, 0.3) is 0 Å². The zero-order chi connectivity index (χ0) is 18.0. The van der Waals surface area contributed by atoms with Crippen LogP contribution in [0.2, 0.25) is 0 Å². The maximum absolute atomic E-state index is 12.9. The molecule has 0 unspecified atom stereocenters. The number of benzene rings is 1. The minimum atomic E-state index is -0.706. The number of aliphatic hydroxyl groups excluding tert-OH is 1. The minimum absolute atomic E-state index is 0.00847. The number of carbonyl (C=O) groups excluding carboxylic acids is 1. The van der Waals surface area contributed by atoms with Crippen molar-refractivity contribution in [2.45, 2.75) is 57.3 Å². The van der Waals surface area contributed by atoms with Gasteiger partial charge in [0.05, 0.1) is 17.7 Å². The van der Waals surface area contributed by atoms with Crippen molar-refractivity contribution in [1.29, 1.82) is 0 Å². The molecular formula is C20H30N2O3. The first kappa shape index (κ1) is 18.4. The van der Waals surface area contributed by atoms with E-state index in [1.165, 1.54) is 12.8 Å². The fourth-order valence-corrected chi connectivity index (χ4v) is 3.86. The highest BCUT2D eigenvalue weighted by Gasteiger charge is 2.38. The maximum Gasteiger partial charge on any atom is 0.254 e. The van der Waals surface area contributed by atoms with Crippen molar-refractivity contribution in [2.24, 2.45) is 0 Å². The highest BCUT2D eigenvalue weighted by Crippen LogP contribution is 2.23. The topological polar surface area (TPSA) is 64.0 Å². The smallest absolute Gasteiger partial charge is 0.254 e. The fraction of sp³-hybridized carbons (Fsp3) is 0.650. The van der Waals surface area contributed by atoms with Gasteiger partial charge in [-0.05, 0) is 70.3 Å². The lowest BCUT2D eigenvalue weighted by Gasteiger charge is -2.25. The molecule has 1 aromatic carbocycles. The third kappa shape index (κ3) is 4.60. The van der Waals surface area contributed by atoms with Crippen LogP contribution in [-0.4, -0.2) is 69.8 Å². The number of rotatable bonds is 5. The number of likely N-dealkylation sites (tertiary alicyclic amines) is 2. The van der Waals surface area contributed by atoms with Crippen molar-refractivity contribution in [3.8, 4) is 0 Å². The number of nitrogens with zero attached hydrogens (tertiary/aromatic N) is 2. The molecule has 2 saturated heterocycles. The molecule has 2 fully saturated rings. The standard InChI is InChI=1S/C20H30N2O3/c1-20(2,25)9-8-15-6-5-7-16(12-15)19(24)22-13-17(18(23)14-22)21-10-3-4-11-21/h5-7,12,17-18,23,25H,3-4,8-11,13-14H2,1-2H3/t17-,18-/m1/s1. The van der Waals surface area contributed by atoms with Gasteiger partial charge in [-0.3, -0.25) is 9.69 Å². The Bertz CT molecular complexity index is 605. The summed E-state index contributed by atoms with van der Waals surface area (Å²) in [5.41, 5.74) is 1.02. The van der Waals surface area contributed by atoms with Crippen LogP contribution in [0, 0.1) is 0 Å². The van der Waals surface area contributed by atoms with Crippen molar-refractivity contribution in [3.63, 3.8) is 0 Å². The van der Waals surface area contributed by atoms with Crippen LogP contribution in [0.5, 0.6) is 0 Å². The van der Waals surface area contributed by atoms with Gasteiger partial charge in [-0.1, -0.05) is 12.1 Å². The molecular weight excluding hydrogens is 316 g/mol. The van der Waals surface area contributed by atoms with E-state index >= 15 is 0 Å². The predicted octanol–water partition coefficient (Wildman–Crippen LogP) is 1.67. The van der Waals surface area contributed by atoms with E-state index in [-0.39, 0.29) is 11.9 Å². The first-order valence-corrected chi connectivity index (χ1v) is 9.36. The van der Waals surface area contributed by atoms with E-state index in [0.29, 0.717) is 25.1 Å². The molecule has 0 aromatic heterocycles. The molecule has 2 atom stereocenters. The highest BCUT2D eigenvalue weighted by molar-refractivity contribution is 5.94. The fourth-order valence-electron chi connectivity index (χ4n) is 3.86. The zero-order valence-electron chi connectivity index (χ0n) is 15.3. The summed E-state index contributed by atoms with van der Waals surface area (Å²) in [6.45, 7) is 6.66. The molecule has 0 aliphatic carbocycles. The van der Waals surface area contributed by atoms with E-state index in [9.17, 15) is 15.0 Å². The quantitative estimate of drug-likeness (QED) is 0.851. The molecule has 1 amide bonds. The van der Waals surface area contributed by atoms with E-state index in [4.69, 9.17) is 0 Å². The van der Waals surface area contributed by atoms with Crippen molar-refractivity contribution in [2.75, 3.05) is 26.2 Å². The van der Waals surface area contributed by atoms with Gasteiger partial charge >= 0.3 is 0 Å². The number of hydrogen-bond acceptors (Lipinski definition) is 4. The first-order chi connectivity index (χ1) is 11.8. The molecule has 2 N–H and O–H groups in total. The van der Waals surface area contributed by atoms with Gasteiger partial charge in [0, 0.05) is 18.7 Å². The molecule has 3 rings (SSSR count). The molecule has 138 valence electrons. The molecule has 25 heavy (non-hydrogen) atoms. The molecule has 5 heteroatoms. The van der Waals surface area contributed by atoms with Gasteiger partial charge in [0.25, 0.3) is 5.91 Å². The predicted molar refractivity (Wildman–Crippen MR) is 97.6 cm³/mol. The lowest BCUT2D eigenvalue weighted by molar-refractivity contribution is 0.0714. The van der Waals surface area contributed by atoms with Gasteiger partial charge in [0.2, 0.25) is 0 Å². The van der Waals surface area contributed by atoms with Crippen LogP contribution in [0.15, 0.2) is 24.3 Å². The summed E-state index contributed by atoms with van der Waals surface area (Å²) in [5.74, 6) is -0.00847. The number of hydrogen-bond donors (Lipinski definition) is 2. The summed E-state index contributed by atoms with van der Waals surface area (Å²) in [6, 6.07) is 7.73. The van der Waals surface area contributed by atoms with Gasteiger partial charge in [0.1, 0.15) is 0 Å². The number of carbonyl (C=O) groups is 1. The molecule has 0 bridgehead atoms. The number of aryl methyl sites for hydroxylation is 1. The Balaban J connectivity index is 1.65. The normalized spacial score (nSPS) is 24.9. The van der Waals surface area contributed by atoms with E-state index in [1.807, 2.05) is 24.3 Å². The van der Waals surface area contributed by atoms with Gasteiger partial charge in [-0.25, -0.2) is 0 Å². The second-order valence-electron chi connectivity index (χ2n) is 8.10. The second kappa shape index (κ2) is 7.44. The monoisotopic (exact) mass is 346 g/mol. The largest absolute Gasteiger partial charge is 0.390 e. The van der Waals surface area contributed by atoms with Crippen molar-refractivity contribution < 1.29 is 15.0 Å². The van der Waals surface area contributed by atoms with Gasteiger partial charge < -0.3 is 15.1 Å². The Morgan fingerprint density at radius 2 is 1.96 bits per heavy atom. The average Bonchev–Trinajstić information content (AvgIpc) is 3.21. The van der Waals surface area contributed by atoms with E-state index in [0.717, 1.165) is 25.1 Å². The van der Waals surface area contributed by atoms with Crippen LogP contribution < -0.4 is 0 Å². The molecule has 0 radical (unpaired) electrons. The Labute approximate surface area is 150 Å². The Kier molecular flexibility index (Phi) is 5.46. The molecule has 2 heterocycles. The zero-order valence-corrected chi connectivity index (χ0v) is 15.3. The van der Waals surface area contributed by atoms with Gasteiger partial charge in [-0.2, -0.15) is 0 Å². The minimum Gasteiger partial charge on any atom is -0.390 e. The number of aliphatic hydroxyl groups is 2. The summed E-state index contributed by atoms with van der Waals surface area (Å²) in [5, 5.41) is 20.3. The molecule has 0 spiro atoms. The third-order valence-corrected chi connectivity index (χ3v) is 5.36. The van der Waals surface area contributed by atoms with Crippen molar-refractivity contribution in [1.82, 2.24) is 9.80 Å². The van der Waals surface area contributed by atoms with Gasteiger partial charge in [0.15, 0.2) is 0 Å². The SMILES string of the molecule is CC(C)(O)CCc1cccc(C(=O)N2C[C@@H](O)[C@H](N3CCCC3)C2)c1. The summed E-state index contributed by atoms with van der Waals surface area (Å²) < 4.78 is 0. The lowest BCUT2D eigenvalue weighted by Crippen LogP contribution is -2.41. The lowest BCUT2D eigenvalue weighted by atomic mass is 9.98. The van der Waals surface area contributed by atoms with Crippen molar-refractivity contribution in [3.05, 3.63) is 35.4 Å². The van der Waals surface area contributed by atoms with Gasteiger partial charge in [-0.15, -0.1) is 0 Å². The van der Waals surface area contributed by atoms with Crippen LogP contribution >= 0.6 is 0 Å². The molecule has 5 nitrogen and oxygen atoms in total. The van der Waals surface area contributed by atoms with Crippen LogP contribution in [0.1, 0.15) is 49.0 Å². The van der Waals surface area contributed by atoms with Crippen LogP contribution in [-0.2, 0) is 6.42 Å². The molecule has 0 saturated carbocycles. The van der Waals surface area contributed by atoms with Crippen molar-refractivity contribution >= 4 is 5.91 Å². The summed E-state index contributed by atoms with van der Waals surface area (Å²) in [7, 11) is 0. The summed E-state index contributed by atoms with van der Waals surface area (Å²) in [4.78, 5) is 17.0. The average molecular weight is 346 g/mol. The third-order valence-electron chi connectivity index (χ3n) is 5.36. The Morgan fingerprint density at radius 3 is 2.64 bits per heavy atom. The van der Waals surface area contributed by atoms with E-state index in [1.54, 1.807) is 18.7 Å². The molecule has 2 aliphatic rings. The van der Waals surface area contributed by atoms with Crippen LogP contribution in [0.3, 0.4) is 0 Å². The highest BCUT2D eigenvalue weighted by atomic mass is 16.3. The molecule has 2 aliphatic heterocycles. The van der Waals surface area contributed by atoms with E-state index in [2.05, 4.69) is 4.90 Å². The summed E-state index contributed by atoms with van der Waals surface area (Å²) in [6.07, 6.45) is 3.30. The number of amides is 1. The van der Waals surface area contributed by atoms with E-state index < -0.39 is 11.7 Å². The second-order valence-corrected chi connectivity index (χ2v) is 8.10. The Morgan fingerprint density at radius 1 is 1.24 bits per heavy atom. The first-order valence-electron chi connectivity index (χ1n) is 9.36. The van der Waals surface area contributed by atoms with Crippen LogP contribution in [0.4, 0.5) is 0 Å². The molecule has 1 aromatic rings. The maximum atomic E-state index is 12.9. The summed E-state index contributed by atoms with van der Waals surface area (Å²) >= 11 is 0.